The second kappa shape index (κ2) is 7.70. The summed E-state index contributed by atoms with van der Waals surface area (Å²) in [5.74, 6) is -2.17. The zero-order valence-corrected chi connectivity index (χ0v) is 13.7. The molecule has 1 aromatic heterocycles. The number of carbonyl (C=O) groups excluding carboxylic acids is 1. The predicted molar refractivity (Wildman–Crippen MR) is 88.7 cm³/mol. The van der Waals surface area contributed by atoms with E-state index < -0.39 is 11.6 Å². The van der Waals surface area contributed by atoms with Gasteiger partial charge in [-0.1, -0.05) is 18.2 Å². The van der Waals surface area contributed by atoms with Crippen molar-refractivity contribution in [1.82, 2.24) is 10.3 Å². The maximum absolute atomic E-state index is 13.7. The van der Waals surface area contributed by atoms with Gasteiger partial charge in [-0.25, -0.2) is 8.78 Å². The number of hydrogen-bond donors (Lipinski definition) is 2. The van der Waals surface area contributed by atoms with Gasteiger partial charge in [-0.3, -0.25) is 9.78 Å². The first-order valence-corrected chi connectivity index (χ1v) is 8.33. The molecule has 132 valence electrons. The molecule has 6 heteroatoms. The van der Waals surface area contributed by atoms with E-state index in [1.54, 1.807) is 6.20 Å². The van der Waals surface area contributed by atoms with E-state index in [0.29, 0.717) is 19.3 Å². The summed E-state index contributed by atoms with van der Waals surface area (Å²) in [6.07, 6.45) is 2.89. The Balaban J connectivity index is 1.66. The number of halogens is 2. The van der Waals surface area contributed by atoms with Gasteiger partial charge in [-0.2, -0.15) is 0 Å². The molecule has 0 saturated heterocycles. The number of nitrogens with one attached hydrogen (secondary N) is 1. The van der Waals surface area contributed by atoms with E-state index in [4.69, 9.17) is 0 Å². The Morgan fingerprint density at radius 3 is 2.72 bits per heavy atom. The number of hydrogen-bond acceptors (Lipinski definition) is 3. The summed E-state index contributed by atoms with van der Waals surface area (Å²) in [7, 11) is 0. The molecule has 1 atom stereocenters. The van der Waals surface area contributed by atoms with Crippen LogP contribution in [0.2, 0.25) is 0 Å². The van der Waals surface area contributed by atoms with Crippen molar-refractivity contribution >= 4 is 5.91 Å². The molecule has 2 N–H and O–H groups in total. The van der Waals surface area contributed by atoms with Crippen molar-refractivity contribution in [3.63, 3.8) is 0 Å². The van der Waals surface area contributed by atoms with Crippen LogP contribution in [0, 0.1) is 17.6 Å². The van der Waals surface area contributed by atoms with Gasteiger partial charge in [0.2, 0.25) is 5.91 Å². The fourth-order valence-electron chi connectivity index (χ4n) is 3.15. The molecule has 1 unspecified atom stereocenters. The van der Waals surface area contributed by atoms with Crippen LogP contribution in [0.4, 0.5) is 8.78 Å². The van der Waals surface area contributed by atoms with Crippen LogP contribution in [0.3, 0.4) is 0 Å². The van der Waals surface area contributed by atoms with Gasteiger partial charge in [-0.05, 0) is 37.0 Å². The Bertz CT molecular complexity index is 733. The zero-order valence-electron chi connectivity index (χ0n) is 13.7. The Morgan fingerprint density at radius 2 is 2.04 bits per heavy atom. The van der Waals surface area contributed by atoms with Crippen LogP contribution >= 0.6 is 0 Å². The third kappa shape index (κ3) is 4.39. The average Bonchev–Trinajstić information content (AvgIpc) is 2.56. The minimum atomic E-state index is -0.988. The molecule has 1 fully saturated rings. The molecule has 0 spiro atoms. The number of aliphatic hydroxyl groups is 1. The highest BCUT2D eigenvalue weighted by Crippen LogP contribution is 2.31. The van der Waals surface area contributed by atoms with E-state index in [2.05, 4.69) is 10.3 Å². The van der Waals surface area contributed by atoms with Crippen molar-refractivity contribution in [2.24, 2.45) is 5.92 Å². The maximum Gasteiger partial charge on any atom is 0.224 e. The fraction of sp³-hybridized carbons (Fsp3) is 0.368. The highest BCUT2D eigenvalue weighted by atomic mass is 19.2. The van der Waals surface area contributed by atoms with Crippen molar-refractivity contribution in [1.29, 1.82) is 0 Å². The van der Waals surface area contributed by atoms with Gasteiger partial charge >= 0.3 is 0 Å². The topological polar surface area (TPSA) is 62.2 Å². The van der Waals surface area contributed by atoms with Crippen LogP contribution < -0.4 is 5.32 Å². The van der Waals surface area contributed by atoms with Crippen molar-refractivity contribution in [3.8, 4) is 0 Å². The summed E-state index contributed by atoms with van der Waals surface area (Å²) in [6.45, 7) is 0. The van der Waals surface area contributed by atoms with Gasteiger partial charge in [0.25, 0.3) is 0 Å². The van der Waals surface area contributed by atoms with Crippen LogP contribution in [0.1, 0.15) is 24.1 Å². The number of aromatic nitrogens is 1. The van der Waals surface area contributed by atoms with E-state index in [1.165, 1.54) is 12.1 Å². The maximum atomic E-state index is 13.7. The number of aliphatic hydroxyl groups excluding tert-OH is 1. The summed E-state index contributed by atoms with van der Waals surface area (Å²) >= 11 is 0. The van der Waals surface area contributed by atoms with E-state index >= 15 is 0 Å². The van der Waals surface area contributed by atoms with Crippen LogP contribution in [-0.2, 0) is 17.6 Å². The van der Waals surface area contributed by atoms with Crippen LogP contribution in [0.5, 0.6) is 0 Å². The van der Waals surface area contributed by atoms with Crippen LogP contribution in [0.25, 0.3) is 0 Å². The minimum Gasteiger partial charge on any atom is -0.393 e. The zero-order chi connectivity index (χ0) is 17.8. The van der Waals surface area contributed by atoms with Gasteiger partial charge < -0.3 is 10.4 Å². The Morgan fingerprint density at radius 1 is 1.24 bits per heavy atom. The number of rotatable bonds is 6. The average molecular weight is 346 g/mol. The Hall–Kier alpha value is -2.34. The molecule has 1 aliphatic carbocycles. The second-order valence-corrected chi connectivity index (χ2v) is 6.47. The summed E-state index contributed by atoms with van der Waals surface area (Å²) in [5, 5.41) is 12.5. The molecule has 1 aliphatic rings. The molecule has 4 nitrogen and oxygen atoms in total. The molecular formula is C19H20F2N2O2. The summed E-state index contributed by atoms with van der Waals surface area (Å²) < 4.78 is 27.0. The molecule has 1 amide bonds. The Labute approximate surface area is 144 Å². The SMILES string of the molecule is O=C(Cc1cccc(F)c1F)NC(Cc1ccccn1)C1CC(O)C1. The summed E-state index contributed by atoms with van der Waals surface area (Å²) in [4.78, 5) is 16.6. The normalized spacial score (nSPS) is 20.6. The molecule has 2 aromatic rings. The third-order valence-electron chi connectivity index (χ3n) is 4.60. The number of benzene rings is 1. The second-order valence-electron chi connectivity index (χ2n) is 6.47. The van der Waals surface area contributed by atoms with E-state index in [9.17, 15) is 18.7 Å². The van der Waals surface area contributed by atoms with Gasteiger partial charge in [-0.15, -0.1) is 0 Å². The lowest BCUT2D eigenvalue weighted by Gasteiger charge is -2.38. The highest BCUT2D eigenvalue weighted by molar-refractivity contribution is 5.79. The van der Waals surface area contributed by atoms with Crippen LogP contribution in [-0.4, -0.2) is 28.1 Å². The predicted octanol–water partition coefficient (Wildman–Crippen LogP) is 2.40. The molecule has 1 saturated carbocycles. The van der Waals surface area contributed by atoms with Crippen molar-refractivity contribution in [2.75, 3.05) is 0 Å². The molecule has 0 bridgehead atoms. The van der Waals surface area contributed by atoms with Crippen LogP contribution in [0.15, 0.2) is 42.6 Å². The Kier molecular flexibility index (Phi) is 5.38. The molecule has 3 rings (SSSR count). The fourth-order valence-corrected chi connectivity index (χ4v) is 3.15. The first kappa shape index (κ1) is 17.5. The quantitative estimate of drug-likeness (QED) is 0.844. The molecule has 25 heavy (non-hydrogen) atoms. The van der Waals surface area contributed by atoms with E-state index in [0.717, 1.165) is 11.8 Å². The molecule has 1 aromatic carbocycles. The molecule has 1 heterocycles. The first-order valence-electron chi connectivity index (χ1n) is 8.33. The highest BCUT2D eigenvalue weighted by Gasteiger charge is 2.35. The third-order valence-corrected chi connectivity index (χ3v) is 4.60. The molecular weight excluding hydrogens is 326 g/mol. The van der Waals surface area contributed by atoms with E-state index in [1.807, 2.05) is 18.2 Å². The molecule has 0 radical (unpaired) electrons. The van der Waals surface area contributed by atoms with E-state index in [-0.39, 0.29) is 36.0 Å². The monoisotopic (exact) mass is 346 g/mol. The smallest absolute Gasteiger partial charge is 0.224 e. The lowest BCUT2D eigenvalue weighted by molar-refractivity contribution is -0.122. The van der Waals surface area contributed by atoms with Gasteiger partial charge in [0.1, 0.15) is 0 Å². The van der Waals surface area contributed by atoms with Gasteiger partial charge in [0, 0.05) is 29.9 Å². The van der Waals surface area contributed by atoms with Crippen molar-refractivity contribution in [2.45, 2.75) is 37.8 Å². The summed E-state index contributed by atoms with van der Waals surface area (Å²) in [6, 6.07) is 9.18. The largest absolute Gasteiger partial charge is 0.393 e. The number of amides is 1. The molecule has 0 aliphatic heterocycles. The number of carbonyl (C=O) groups is 1. The lowest BCUT2D eigenvalue weighted by Crippen LogP contribution is -2.48. The van der Waals surface area contributed by atoms with Crippen molar-refractivity contribution < 1.29 is 18.7 Å². The number of nitrogens with zero attached hydrogens (tertiary/aromatic N) is 1. The first-order chi connectivity index (χ1) is 12.0. The van der Waals surface area contributed by atoms with Gasteiger partial charge in [0.15, 0.2) is 11.6 Å². The standard InChI is InChI=1S/C19H20F2N2O2/c20-16-6-3-4-12(19(16)21)10-18(25)23-17(13-8-15(24)9-13)11-14-5-1-2-7-22-14/h1-7,13,15,17,24H,8-11H2,(H,23,25). The minimum absolute atomic E-state index is 0.0303. The summed E-state index contributed by atoms with van der Waals surface area (Å²) in [5.41, 5.74) is 0.869. The lowest BCUT2D eigenvalue weighted by atomic mass is 9.76. The van der Waals surface area contributed by atoms with Crippen molar-refractivity contribution in [3.05, 3.63) is 65.5 Å². The van der Waals surface area contributed by atoms with Gasteiger partial charge in [0.05, 0.1) is 12.5 Å². The number of pyridine rings is 1.